The van der Waals surface area contributed by atoms with Gasteiger partial charge in [-0.15, -0.1) is 0 Å². The highest BCUT2D eigenvalue weighted by atomic mass is 15.3. The predicted molar refractivity (Wildman–Crippen MR) is 56.5 cm³/mol. The van der Waals surface area contributed by atoms with E-state index in [9.17, 15) is 0 Å². The van der Waals surface area contributed by atoms with Gasteiger partial charge in [0.2, 0.25) is 0 Å². The molecule has 0 aromatic carbocycles. The normalized spacial score (nSPS) is 42.2. The minimum Gasteiger partial charge on any atom is -0.328 e. The maximum Gasteiger partial charge on any atom is 0.0816 e. The predicted octanol–water partition coefficient (Wildman–Crippen LogP) is 2.52. The number of likely N-dealkylation sites (tertiary alicyclic amines) is 1. The number of quaternary nitrogens is 1. The average Bonchev–Trinajstić information content (AvgIpc) is 2.41. The van der Waals surface area contributed by atoms with E-state index in [4.69, 9.17) is 0 Å². The monoisotopic (exact) mass is 182 g/mol. The summed E-state index contributed by atoms with van der Waals surface area (Å²) in [4.78, 5) is 0. The summed E-state index contributed by atoms with van der Waals surface area (Å²) in [6.45, 7) is 5.23. The van der Waals surface area contributed by atoms with E-state index in [1.807, 2.05) is 0 Å². The summed E-state index contributed by atoms with van der Waals surface area (Å²) in [6.07, 6.45) is 5.96. The lowest BCUT2D eigenvalue weighted by molar-refractivity contribution is -0.881. The van der Waals surface area contributed by atoms with Crippen LogP contribution in [-0.2, 0) is 0 Å². The molecule has 0 amide bonds. The topological polar surface area (TPSA) is 0 Å². The first-order chi connectivity index (χ1) is 6.11. The quantitative estimate of drug-likeness (QED) is 0.576. The molecule has 1 aliphatic carbocycles. The first-order valence-corrected chi connectivity index (χ1v) is 5.93. The molecule has 2 atom stereocenters. The van der Waals surface area contributed by atoms with Crippen LogP contribution in [-0.4, -0.2) is 31.7 Å². The van der Waals surface area contributed by atoms with E-state index in [-0.39, 0.29) is 0 Å². The van der Waals surface area contributed by atoms with Crippen LogP contribution in [0.5, 0.6) is 0 Å². The molecular formula is C12H24N+. The maximum absolute atomic E-state index is 2.40. The third-order valence-corrected chi connectivity index (χ3v) is 4.09. The zero-order chi connectivity index (χ0) is 9.47. The smallest absolute Gasteiger partial charge is 0.0816 e. The van der Waals surface area contributed by atoms with Gasteiger partial charge in [0.05, 0.1) is 27.2 Å². The molecule has 0 bridgehead atoms. The Bertz CT molecular complexity index is 170. The second-order valence-electron chi connectivity index (χ2n) is 5.95. The molecule has 1 heteroatoms. The van der Waals surface area contributed by atoms with Crippen LogP contribution in [0.2, 0.25) is 0 Å². The van der Waals surface area contributed by atoms with Crippen LogP contribution in [0.3, 0.4) is 0 Å². The fraction of sp³-hybridized carbons (Fsp3) is 1.00. The first-order valence-electron chi connectivity index (χ1n) is 5.93. The number of hydrogen-bond donors (Lipinski definition) is 0. The SMILES string of the molecule is CCCC1CC2C[N+](C)(C)CC2C1. The van der Waals surface area contributed by atoms with Gasteiger partial charge in [-0.25, -0.2) is 0 Å². The second kappa shape index (κ2) is 3.27. The lowest BCUT2D eigenvalue weighted by Crippen LogP contribution is -2.37. The molecule has 1 saturated heterocycles. The molecule has 0 spiro atoms. The molecule has 1 heterocycles. The van der Waals surface area contributed by atoms with E-state index in [0.29, 0.717) is 0 Å². The summed E-state index contributed by atoms with van der Waals surface area (Å²) in [5.74, 6) is 3.23. The molecule has 0 aromatic heterocycles. The van der Waals surface area contributed by atoms with Crippen LogP contribution in [0, 0.1) is 17.8 Å². The molecule has 76 valence electrons. The van der Waals surface area contributed by atoms with Crippen LogP contribution in [0.4, 0.5) is 0 Å². The lowest BCUT2D eigenvalue weighted by atomic mass is 10.0. The molecule has 0 N–H and O–H groups in total. The fourth-order valence-corrected chi connectivity index (χ4v) is 3.77. The largest absolute Gasteiger partial charge is 0.328 e. The molecule has 2 aliphatic rings. The highest BCUT2D eigenvalue weighted by molar-refractivity contribution is 4.86. The molecule has 0 radical (unpaired) electrons. The van der Waals surface area contributed by atoms with Crippen molar-refractivity contribution in [1.29, 1.82) is 0 Å². The van der Waals surface area contributed by atoms with Gasteiger partial charge in [-0.1, -0.05) is 19.8 Å². The Kier molecular flexibility index (Phi) is 2.39. The van der Waals surface area contributed by atoms with Gasteiger partial charge in [0.15, 0.2) is 0 Å². The van der Waals surface area contributed by atoms with Crippen molar-refractivity contribution in [1.82, 2.24) is 0 Å². The molecular weight excluding hydrogens is 158 g/mol. The first kappa shape index (κ1) is 9.51. The average molecular weight is 182 g/mol. The van der Waals surface area contributed by atoms with Crippen LogP contribution in [0.15, 0.2) is 0 Å². The Morgan fingerprint density at radius 2 is 1.62 bits per heavy atom. The van der Waals surface area contributed by atoms with E-state index in [0.717, 1.165) is 17.8 Å². The molecule has 0 aromatic rings. The summed E-state index contributed by atoms with van der Waals surface area (Å²) in [6, 6.07) is 0. The van der Waals surface area contributed by atoms with Gasteiger partial charge in [-0.3, -0.25) is 0 Å². The Labute approximate surface area is 82.7 Å². The second-order valence-corrected chi connectivity index (χ2v) is 5.95. The highest BCUT2D eigenvalue weighted by Crippen LogP contribution is 2.44. The Hall–Kier alpha value is -0.0400. The number of nitrogens with zero attached hydrogens (tertiary/aromatic N) is 1. The van der Waals surface area contributed by atoms with E-state index >= 15 is 0 Å². The summed E-state index contributed by atoms with van der Waals surface area (Å²) in [7, 11) is 4.79. The third kappa shape index (κ3) is 1.90. The van der Waals surface area contributed by atoms with Gasteiger partial charge in [-0.2, -0.15) is 0 Å². The summed E-state index contributed by atoms with van der Waals surface area (Å²) < 4.78 is 1.29. The van der Waals surface area contributed by atoms with Crippen molar-refractivity contribution in [3.8, 4) is 0 Å². The van der Waals surface area contributed by atoms with Gasteiger partial charge >= 0.3 is 0 Å². The minimum atomic E-state index is 1.08. The standard InChI is InChI=1S/C12H24N/c1-4-5-10-6-11-8-13(2,3)9-12(11)7-10/h10-12H,4-9H2,1-3H3/q+1. The molecule has 2 unspecified atom stereocenters. The van der Waals surface area contributed by atoms with Gasteiger partial charge in [0.1, 0.15) is 0 Å². The van der Waals surface area contributed by atoms with Crippen molar-refractivity contribution >= 4 is 0 Å². The van der Waals surface area contributed by atoms with Gasteiger partial charge < -0.3 is 4.48 Å². The molecule has 1 saturated carbocycles. The molecule has 13 heavy (non-hydrogen) atoms. The number of fused-ring (bicyclic) bond motifs is 1. The van der Waals surface area contributed by atoms with Crippen molar-refractivity contribution in [3.63, 3.8) is 0 Å². The van der Waals surface area contributed by atoms with E-state index < -0.39 is 0 Å². The van der Waals surface area contributed by atoms with Gasteiger partial charge in [-0.05, 0) is 18.8 Å². The molecule has 2 rings (SSSR count). The van der Waals surface area contributed by atoms with Crippen LogP contribution < -0.4 is 0 Å². The molecule has 1 nitrogen and oxygen atoms in total. The van der Waals surface area contributed by atoms with E-state index in [1.165, 1.54) is 30.4 Å². The minimum absolute atomic E-state index is 1.08. The zero-order valence-electron chi connectivity index (χ0n) is 9.42. The number of rotatable bonds is 2. The third-order valence-electron chi connectivity index (χ3n) is 4.09. The van der Waals surface area contributed by atoms with Gasteiger partial charge in [0, 0.05) is 11.8 Å². The Morgan fingerprint density at radius 1 is 1.08 bits per heavy atom. The molecule has 2 fully saturated rings. The van der Waals surface area contributed by atoms with Crippen LogP contribution in [0.25, 0.3) is 0 Å². The lowest BCUT2D eigenvalue weighted by Gasteiger charge is -2.25. The van der Waals surface area contributed by atoms with E-state index in [1.54, 1.807) is 12.8 Å². The summed E-state index contributed by atoms with van der Waals surface area (Å²) in [5, 5.41) is 0. The molecule has 1 aliphatic heterocycles. The van der Waals surface area contributed by atoms with Crippen molar-refractivity contribution in [2.45, 2.75) is 32.6 Å². The van der Waals surface area contributed by atoms with Crippen molar-refractivity contribution < 1.29 is 4.48 Å². The Morgan fingerprint density at radius 3 is 2.08 bits per heavy atom. The van der Waals surface area contributed by atoms with E-state index in [2.05, 4.69) is 21.0 Å². The fourth-order valence-electron chi connectivity index (χ4n) is 3.77. The van der Waals surface area contributed by atoms with Crippen molar-refractivity contribution in [3.05, 3.63) is 0 Å². The zero-order valence-corrected chi connectivity index (χ0v) is 9.42. The summed E-state index contributed by atoms with van der Waals surface area (Å²) in [5.41, 5.74) is 0. The van der Waals surface area contributed by atoms with Gasteiger partial charge in [0.25, 0.3) is 0 Å². The summed E-state index contributed by atoms with van der Waals surface area (Å²) >= 11 is 0. The highest BCUT2D eigenvalue weighted by Gasteiger charge is 2.45. The maximum atomic E-state index is 2.40. The van der Waals surface area contributed by atoms with Crippen molar-refractivity contribution in [2.75, 3.05) is 27.2 Å². The number of hydrogen-bond acceptors (Lipinski definition) is 0. The Balaban J connectivity index is 1.90. The van der Waals surface area contributed by atoms with Crippen LogP contribution >= 0.6 is 0 Å². The van der Waals surface area contributed by atoms with Crippen LogP contribution in [0.1, 0.15) is 32.6 Å². The van der Waals surface area contributed by atoms with Crippen molar-refractivity contribution in [2.24, 2.45) is 17.8 Å².